The number of aromatic nitrogens is 2. The van der Waals surface area contributed by atoms with Crippen LogP contribution in [-0.4, -0.2) is 28.5 Å². The van der Waals surface area contributed by atoms with Gasteiger partial charge in [-0.15, -0.1) is 0 Å². The maximum atomic E-state index is 13.2. The fourth-order valence-electron chi connectivity index (χ4n) is 4.13. The van der Waals surface area contributed by atoms with E-state index in [1.54, 1.807) is 24.3 Å². The molecule has 5 rings (SSSR count). The van der Waals surface area contributed by atoms with Crippen molar-refractivity contribution in [3.8, 4) is 11.5 Å². The van der Waals surface area contributed by atoms with Crippen molar-refractivity contribution in [2.45, 2.75) is 30.9 Å². The zero-order chi connectivity index (χ0) is 22.5. The van der Waals surface area contributed by atoms with Gasteiger partial charge in [0.25, 0.3) is 11.8 Å². The van der Waals surface area contributed by atoms with Crippen molar-refractivity contribution >= 4 is 17.5 Å². The van der Waals surface area contributed by atoms with Crippen LogP contribution >= 0.6 is 0 Å². The van der Waals surface area contributed by atoms with E-state index in [1.165, 1.54) is 6.07 Å². The van der Waals surface area contributed by atoms with Crippen LogP contribution in [0.5, 0.6) is 0 Å². The lowest BCUT2D eigenvalue weighted by molar-refractivity contribution is -0.137. The SMILES string of the molecule is O=C1CNC(=O)c2ccc(-c3nc(C4(c5cccc(C(F)(F)F)c5)CCC4)no3)cc2N1. The first-order valence-electron chi connectivity index (χ1n) is 10.0. The normalized spacial score (nSPS) is 17.6. The van der Waals surface area contributed by atoms with Crippen molar-refractivity contribution in [1.29, 1.82) is 0 Å². The van der Waals surface area contributed by atoms with Crippen molar-refractivity contribution < 1.29 is 27.3 Å². The van der Waals surface area contributed by atoms with Crippen LogP contribution in [0.4, 0.5) is 18.9 Å². The molecule has 0 unspecified atom stereocenters. The van der Waals surface area contributed by atoms with Crippen molar-refractivity contribution in [3.05, 3.63) is 65.0 Å². The molecule has 0 saturated heterocycles. The molecule has 2 aliphatic rings. The summed E-state index contributed by atoms with van der Waals surface area (Å²) in [6.07, 6.45) is -2.40. The minimum absolute atomic E-state index is 0.132. The molecule has 0 bridgehead atoms. The second-order valence-electron chi connectivity index (χ2n) is 7.93. The second-order valence-corrected chi connectivity index (χ2v) is 7.93. The number of amides is 2. The van der Waals surface area contributed by atoms with Crippen molar-refractivity contribution in [2.24, 2.45) is 0 Å². The summed E-state index contributed by atoms with van der Waals surface area (Å²) in [6, 6.07) is 9.95. The van der Waals surface area contributed by atoms with Gasteiger partial charge >= 0.3 is 6.18 Å². The highest BCUT2D eigenvalue weighted by Gasteiger charge is 2.45. The minimum atomic E-state index is -4.44. The van der Waals surface area contributed by atoms with Crippen LogP contribution in [0.3, 0.4) is 0 Å². The molecule has 7 nitrogen and oxygen atoms in total. The molecular formula is C22H17F3N4O3. The number of carbonyl (C=O) groups is 2. The third-order valence-electron chi connectivity index (χ3n) is 6.00. The molecule has 2 N–H and O–H groups in total. The van der Waals surface area contributed by atoms with E-state index in [9.17, 15) is 22.8 Å². The molecule has 1 aliphatic carbocycles. The monoisotopic (exact) mass is 442 g/mol. The third kappa shape index (κ3) is 3.31. The summed E-state index contributed by atoms with van der Waals surface area (Å²) in [5.41, 5.74) is 0.137. The topological polar surface area (TPSA) is 97.1 Å². The van der Waals surface area contributed by atoms with Gasteiger partial charge in [0.15, 0.2) is 5.82 Å². The number of alkyl halides is 3. The van der Waals surface area contributed by atoms with Crippen LogP contribution in [0.2, 0.25) is 0 Å². The molecule has 2 amide bonds. The Bertz CT molecular complexity index is 1230. The number of nitrogens with zero attached hydrogens (tertiary/aromatic N) is 2. The van der Waals surface area contributed by atoms with Gasteiger partial charge in [0.2, 0.25) is 5.91 Å². The van der Waals surface area contributed by atoms with E-state index in [2.05, 4.69) is 20.8 Å². The lowest BCUT2D eigenvalue weighted by Crippen LogP contribution is -2.36. The van der Waals surface area contributed by atoms with Crippen LogP contribution in [0.1, 0.15) is 46.6 Å². The van der Waals surface area contributed by atoms with Gasteiger partial charge in [-0.2, -0.15) is 18.2 Å². The van der Waals surface area contributed by atoms with Crippen molar-refractivity contribution in [2.75, 3.05) is 11.9 Å². The highest BCUT2D eigenvalue weighted by Crippen LogP contribution is 2.49. The average molecular weight is 442 g/mol. The molecule has 2 heterocycles. The summed E-state index contributed by atoms with van der Waals surface area (Å²) >= 11 is 0. The summed E-state index contributed by atoms with van der Waals surface area (Å²) in [5, 5.41) is 9.23. The maximum absolute atomic E-state index is 13.2. The molecule has 3 aromatic rings. The zero-order valence-electron chi connectivity index (χ0n) is 16.6. The summed E-state index contributed by atoms with van der Waals surface area (Å²) in [4.78, 5) is 28.4. The number of halogens is 3. The predicted octanol–water partition coefficient (Wildman–Crippen LogP) is 3.91. The summed E-state index contributed by atoms with van der Waals surface area (Å²) in [6.45, 7) is -0.132. The van der Waals surface area contributed by atoms with Gasteiger partial charge in [-0.05, 0) is 42.7 Å². The Balaban J connectivity index is 1.51. The van der Waals surface area contributed by atoms with E-state index in [0.717, 1.165) is 18.6 Å². The molecule has 0 atom stereocenters. The van der Waals surface area contributed by atoms with Crippen molar-refractivity contribution in [1.82, 2.24) is 15.5 Å². The fraction of sp³-hybridized carbons (Fsp3) is 0.273. The van der Waals surface area contributed by atoms with Crippen LogP contribution in [0, 0.1) is 0 Å². The first kappa shape index (κ1) is 20.2. The molecule has 0 spiro atoms. The van der Waals surface area contributed by atoms with Crippen LogP contribution in [0.15, 0.2) is 47.0 Å². The smallest absolute Gasteiger partial charge is 0.343 e. The summed E-state index contributed by atoms with van der Waals surface area (Å²) in [5.74, 6) is -0.276. The van der Waals surface area contributed by atoms with Gasteiger partial charge in [-0.1, -0.05) is 29.8 Å². The van der Waals surface area contributed by atoms with Gasteiger partial charge in [0.05, 0.1) is 28.8 Å². The molecule has 2 aromatic carbocycles. The van der Waals surface area contributed by atoms with Gasteiger partial charge < -0.3 is 15.2 Å². The predicted molar refractivity (Wildman–Crippen MR) is 107 cm³/mol. The molecule has 10 heteroatoms. The van der Waals surface area contributed by atoms with E-state index in [4.69, 9.17) is 4.52 Å². The van der Waals surface area contributed by atoms with Crippen molar-refractivity contribution in [3.63, 3.8) is 0 Å². The fourth-order valence-corrected chi connectivity index (χ4v) is 4.13. The minimum Gasteiger partial charge on any atom is -0.343 e. The van der Waals surface area contributed by atoms with Crippen LogP contribution < -0.4 is 10.6 Å². The third-order valence-corrected chi connectivity index (χ3v) is 6.00. The Labute approximate surface area is 180 Å². The number of benzene rings is 2. The Kier molecular flexibility index (Phi) is 4.54. The average Bonchev–Trinajstić information content (AvgIpc) is 3.16. The van der Waals surface area contributed by atoms with Crippen LogP contribution in [0.25, 0.3) is 11.5 Å². The lowest BCUT2D eigenvalue weighted by atomic mass is 9.63. The van der Waals surface area contributed by atoms with E-state index < -0.39 is 17.2 Å². The summed E-state index contributed by atoms with van der Waals surface area (Å²) in [7, 11) is 0. The van der Waals surface area contributed by atoms with Gasteiger partial charge in [0.1, 0.15) is 0 Å². The van der Waals surface area contributed by atoms with E-state index in [1.807, 2.05) is 0 Å². The molecule has 32 heavy (non-hydrogen) atoms. The number of hydrogen-bond acceptors (Lipinski definition) is 5. The number of fused-ring (bicyclic) bond motifs is 1. The first-order valence-corrected chi connectivity index (χ1v) is 10.0. The quantitative estimate of drug-likeness (QED) is 0.641. The molecule has 1 saturated carbocycles. The van der Waals surface area contributed by atoms with Gasteiger partial charge in [-0.25, -0.2) is 0 Å². The van der Waals surface area contributed by atoms with E-state index in [0.29, 0.717) is 41.0 Å². The Hall–Kier alpha value is -3.69. The molecule has 0 radical (unpaired) electrons. The number of hydrogen-bond donors (Lipinski definition) is 2. The molecule has 1 aliphatic heterocycles. The lowest BCUT2D eigenvalue weighted by Gasteiger charge is -2.39. The number of anilines is 1. The van der Waals surface area contributed by atoms with Gasteiger partial charge in [0, 0.05) is 5.56 Å². The zero-order valence-corrected chi connectivity index (χ0v) is 16.6. The molecule has 164 valence electrons. The standard InChI is InChI=1S/C22H17F3N4O3/c23-22(24,25)14-4-1-3-13(10-14)21(7-2-8-21)20-28-19(32-29-20)12-5-6-15-16(9-12)27-17(30)11-26-18(15)31/h1,3-6,9-10H,2,7-8,11H2,(H,26,31)(H,27,30). The molecule has 1 aromatic heterocycles. The largest absolute Gasteiger partial charge is 0.416 e. The molecular weight excluding hydrogens is 425 g/mol. The number of nitrogens with one attached hydrogen (secondary N) is 2. The Morgan fingerprint density at radius 2 is 1.88 bits per heavy atom. The highest BCUT2D eigenvalue weighted by molar-refractivity contribution is 6.09. The van der Waals surface area contributed by atoms with Crippen LogP contribution in [-0.2, 0) is 16.4 Å². The number of rotatable bonds is 3. The Morgan fingerprint density at radius 3 is 2.59 bits per heavy atom. The first-order chi connectivity index (χ1) is 15.3. The number of carbonyl (C=O) groups excluding carboxylic acids is 2. The Morgan fingerprint density at radius 1 is 1.06 bits per heavy atom. The van der Waals surface area contributed by atoms with E-state index >= 15 is 0 Å². The van der Waals surface area contributed by atoms with E-state index in [-0.39, 0.29) is 24.2 Å². The second kappa shape index (κ2) is 7.18. The highest BCUT2D eigenvalue weighted by atomic mass is 19.4. The van der Waals surface area contributed by atoms with Gasteiger partial charge in [-0.3, -0.25) is 9.59 Å². The molecule has 1 fully saturated rings. The summed E-state index contributed by atoms with van der Waals surface area (Å²) < 4.78 is 45.1. The maximum Gasteiger partial charge on any atom is 0.416 e.